The Hall–Kier alpha value is -1.10. The maximum absolute atomic E-state index is 12.3. The molecule has 0 saturated carbocycles. The summed E-state index contributed by atoms with van der Waals surface area (Å²) in [7, 11) is 1.66. The lowest BCUT2D eigenvalue weighted by molar-refractivity contribution is -0.147. The van der Waals surface area contributed by atoms with Gasteiger partial charge in [-0.05, 0) is 18.3 Å². The summed E-state index contributed by atoms with van der Waals surface area (Å²) in [6, 6.07) is -0.416. The first-order chi connectivity index (χ1) is 8.36. The minimum atomic E-state index is -0.416. The SMILES string of the molecule is COCCCCN1CC(=O)NC(C(C)(C)C)C1=O. The van der Waals surface area contributed by atoms with E-state index in [1.807, 2.05) is 20.8 Å². The number of ether oxygens (including phenoxy) is 1. The Bertz CT molecular complexity index is 310. The van der Waals surface area contributed by atoms with Gasteiger partial charge in [-0.2, -0.15) is 0 Å². The Kier molecular flexibility index (Phi) is 5.14. The number of hydrogen-bond acceptors (Lipinski definition) is 3. The average Bonchev–Trinajstić information content (AvgIpc) is 2.27. The summed E-state index contributed by atoms with van der Waals surface area (Å²) in [5.74, 6) is -0.0409. The maximum atomic E-state index is 12.3. The monoisotopic (exact) mass is 256 g/mol. The van der Waals surface area contributed by atoms with Crippen LogP contribution in [0.1, 0.15) is 33.6 Å². The zero-order valence-electron chi connectivity index (χ0n) is 11.8. The molecule has 2 amide bonds. The summed E-state index contributed by atoms with van der Waals surface area (Å²) in [5.41, 5.74) is -0.252. The van der Waals surface area contributed by atoms with Crippen LogP contribution in [0.4, 0.5) is 0 Å². The summed E-state index contributed by atoms with van der Waals surface area (Å²) in [4.78, 5) is 25.6. The van der Waals surface area contributed by atoms with Gasteiger partial charge in [0.1, 0.15) is 6.04 Å². The van der Waals surface area contributed by atoms with E-state index in [9.17, 15) is 9.59 Å². The third-order valence-electron chi connectivity index (χ3n) is 3.09. The van der Waals surface area contributed by atoms with Crippen LogP contribution in [0.2, 0.25) is 0 Å². The van der Waals surface area contributed by atoms with Crippen molar-refractivity contribution < 1.29 is 14.3 Å². The van der Waals surface area contributed by atoms with Crippen molar-refractivity contribution in [1.82, 2.24) is 10.2 Å². The number of unbranched alkanes of at least 4 members (excludes halogenated alkanes) is 1. The number of rotatable bonds is 5. The normalized spacial score (nSPS) is 21.1. The second-order valence-corrected chi connectivity index (χ2v) is 5.83. The van der Waals surface area contributed by atoms with E-state index in [1.165, 1.54) is 0 Å². The molecule has 1 unspecified atom stereocenters. The predicted molar refractivity (Wildman–Crippen MR) is 69.1 cm³/mol. The number of carbonyl (C=O) groups is 2. The summed E-state index contributed by atoms with van der Waals surface area (Å²) in [6.07, 6.45) is 1.77. The molecule has 5 nitrogen and oxygen atoms in total. The number of nitrogens with zero attached hydrogens (tertiary/aromatic N) is 1. The molecular formula is C13H24N2O3. The van der Waals surface area contributed by atoms with Gasteiger partial charge in [0, 0.05) is 20.3 Å². The van der Waals surface area contributed by atoms with Gasteiger partial charge in [-0.1, -0.05) is 20.8 Å². The average molecular weight is 256 g/mol. The molecule has 0 aromatic carbocycles. The number of methoxy groups -OCH3 is 1. The number of amides is 2. The minimum Gasteiger partial charge on any atom is -0.385 e. The summed E-state index contributed by atoms with van der Waals surface area (Å²) in [5, 5.41) is 2.78. The van der Waals surface area contributed by atoms with Crippen molar-refractivity contribution in [1.29, 1.82) is 0 Å². The summed E-state index contributed by atoms with van der Waals surface area (Å²) >= 11 is 0. The molecule has 1 N–H and O–H groups in total. The quantitative estimate of drug-likeness (QED) is 0.740. The van der Waals surface area contributed by atoms with Crippen LogP contribution in [0.5, 0.6) is 0 Å². The fraction of sp³-hybridized carbons (Fsp3) is 0.846. The standard InChI is InChI=1S/C13H24N2O3/c1-13(2,3)11-12(17)15(9-10(16)14-11)7-5-6-8-18-4/h11H,5-9H2,1-4H3,(H,14,16). The van der Waals surface area contributed by atoms with E-state index in [1.54, 1.807) is 12.0 Å². The molecule has 1 aliphatic rings. The highest BCUT2D eigenvalue weighted by Gasteiger charge is 2.39. The van der Waals surface area contributed by atoms with Crippen LogP contribution in [-0.2, 0) is 14.3 Å². The van der Waals surface area contributed by atoms with Crippen LogP contribution in [0.3, 0.4) is 0 Å². The molecular weight excluding hydrogens is 232 g/mol. The lowest BCUT2D eigenvalue weighted by Gasteiger charge is -2.38. The largest absolute Gasteiger partial charge is 0.385 e. The molecule has 1 fully saturated rings. The molecule has 18 heavy (non-hydrogen) atoms. The molecule has 0 aliphatic carbocycles. The molecule has 1 rings (SSSR count). The number of nitrogens with one attached hydrogen (secondary N) is 1. The maximum Gasteiger partial charge on any atom is 0.246 e. The van der Waals surface area contributed by atoms with Gasteiger partial charge in [-0.3, -0.25) is 9.59 Å². The van der Waals surface area contributed by atoms with Crippen molar-refractivity contribution in [3.63, 3.8) is 0 Å². The fourth-order valence-corrected chi connectivity index (χ4v) is 2.03. The van der Waals surface area contributed by atoms with Gasteiger partial charge in [0.2, 0.25) is 11.8 Å². The molecule has 0 bridgehead atoms. The topological polar surface area (TPSA) is 58.6 Å². The zero-order chi connectivity index (χ0) is 13.8. The molecule has 0 radical (unpaired) electrons. The molecule has 1 atom stereocenters. The number of hydrogen-bond donors (Lipinski definition) is 1. The highest BCUT2D eigenvalue weighted by Crippen LogP contribution is 2.23. The Balaban J connectivity index is 2.57. The van der Waals surface area contributed by atoms with Crippen molar-refractivity contribution in [3.8, 4) is 0 Å². The van der Waals surface area contributed by atoms with E-state index < -0.39 is 6.04 Å². The lowest BCUT2D eigenvalue weighted by atomic mass is 9.84. The summed E-state index contributed by atoms with van der Waals surface area (Å²) in [6.45, 7) is 7.39. The fourth-order valence-electron chi connectivity index (χ4n) is 2.03. The first-order valence-corrected chi connectivity index (χ1v) is 6.43. The lowest BCUT2D eigenvalue weighted by Crippen LogP contribution is -2.62. The van der Waals surface area contributed by atoms with Gasteiger partial charge in [-0.25, -0.2) is 0 Å². The Morgan fingerprint density at radius 1 is 1.33 bits per heavy atom. The Labute approximate surface area is 109 Å². The second-order valence-electron chi connectivity index (χ2n) is 5.83. The molecule has 1 heterocycles. The molecule has 104 valence electrons. The molecule has 0 aromatic rings. The van der Waals surface area contributed by atoms with E-state index in [-0.39, 0.29) is 23.8 Å². The van der Waals surface area contributed by atoms with Crippen molar-refractivity contribution in [2.45, 2.75) is 39.7 Å². The van der Waals surface area contributed by atoms with Gasteiger partial charge >= 0.3 is 0 Å². The van der Waals surface area contributed by atoms with Crippen LogP contribution in [0, 0.1) is 5.41 Å². The van der Waals surface area contributed by atoms with Gasteiger partial charge < -0.3 is 15.0 Å². The summed E-state index contributed by atoms with van der Waals surface area (Å²) < 4.78 is 4.97. The van der Waals surface area contributed by atoms with Crippen LogP contribution >= 0.6 is 0 Å². The highest BCUT2D eigenvalue weighted by atomic mass is 16.5. The van der Waals surface area contributed by atoms with Gasteiger partial charge in [-0.15, -0.1) is 0 Å². The van der Waals surface area contributed by atoms with E-state index in [4.69, 9.17) is 4.74 Å². The van der Waals surface area contributed by atoms with Crippen LogP contribution in [0.15, 0.2) is 0 Å². The van der Waals surface area contributed by atoms with Crippen LogP contribution < -0.4 is 5.32 Å². The molecule has 1 aliphatic heterocycles. The van der Waals surface area contributed by atoms with E-state index in [0.717, 1.165) is 12.8 Å². The Morgan fingerprint density at radius 3 is 2.56 bits per heavy atom. The third-order valence-corrected chi connectivity index (χ3v) is 3.09. The second kappa shape index (κ2) is 6.18. The molecule has 5 heteroatoms. The van der Waals surface area contributed by atoms with E-state index >= 15 is 0 Å². The van der Waals surface area contributed by atoms with Crippen molar-refractivity contribution in [3.05, 3.63) is 0 Å². The predicted octanol–water partition coefficient (Wildman–Crippen LogP) is 0.786. The van der Waals surface area contributed by atoms with Gasteiger partial charge in [0.25, 0.3) is 0 Å². The zero-order valence-corrected chi connectivity index (χ0v) is 11.8. The number of carbonyl (C=O) groups excluding carboxylic acids is 2. The minimum absolute atomic E-state index is 0.0273. The third kappa shape index (κ3) is 3.98. The van der Waals surface area contributed by atoms with Crippen LogP contribution in [0.25, 0.3) is 0 Å². The molecule has 0 spiro atoms. The van der Waals surface area contributed by atoms with Gasteiger partial charge in [0.05, 0.1) is 6.54 Å². The smallest absolute Gasteiger partial charge is 0.246 e. The van der Waals surface area contributed by atoms with Gasteiger partial charge in [0.15, 0.2) is 0 Å². The molecule has 1 saturated heterocycles. The van der Waals surface area contributed by atoms with Crippen LogP contribution in [-0.4, -0.2) is 49.6 Å². The first-order valence-electron chi connectivity index (χ1n) is 6.43. The number of piperazine rings is 1. The Morgan fingerprint density at radius 2 is 2.00 bits per heavy atom. The van der Waals surface area contributed by atoms with E-state index in [0.29, 0.717) is 13.2 Å². The van der Waals surface area contributed by atoms with Crippen molar-refractivity contribution in [2.75, 3.05) is 26.8 Å². The van der Waals surface area contributed by atoms with Crippen molar-refractivity contribution in [2.24, 2.45) is 5.41 Å². The highest BCUT2D eigenvalue weighted by molar-refractivity contribution is 5.95. The van der Waals surface area contributed by atoms with E-state index in [2.05, 4.69) is 5.32 Å². The van der Waals surface area contributed by atoms with Crippen molar-refractivity contribution >= 4 is 11.8 Å². The first kappa shape index (κ1) is 15.0. The molecule has 0 aromatic heterocycles.